The predicted octanol–water partition coefficient (Wildman–Crippen LogP) is 1.87. The average molecular weight is 449 g/mol. The highest BCUT2D eigenvalue weighted by atomic mass is 35.5. The molecule has 1 saturated heterocycles. The average Bonchev–Trinajstić information content (AvgIpc) is 3.22. The number of aliphatic hydroxyl groups excluding tert-OH is 4. The van der Waals surface area contributed by atoms with Crippen LogP contribution in [-0.2, 0) is 17.6 Å². The van der Waals surface area contributed by atoms with E-state index in [2.05, 4.69) is 6.07 Å². The van der Waals surface area contributed by atoms with Gasteiger partial charge in [0.1, 0.15) is 35.1 Å². The molecular formula is C21H21ClN2O5S. The number of aromatic nitrogens is 1. The quantitative estimate of drug-likeness (QED) is 0.529. The van der Waals surface area contributed by atoms with Crippen LogP contribution in [0.3, 0.4) is 0 Å². The van der Waals surface area contributed by atoms with Gasteiger partial charge in [0.25, 0.3) is 0 Å². The van der Waals surface area contributed by atoms with Crippen LogP contribution >= 0.6 is 23.8 Å². The summed E-state index contributed by atoms with van der Waals surface area (Å²) in [4.78, 5) is 0. The van der Waals surface area contributed by atoms with Crippen LogP contribution < -0.4 is 0 Å². The number of aliphatic hydroxyl groups is 4. The minimum Gasteiger partial charge on any atom is -0.394 e. The van der Waals surface area contributed by atoms with Crippen LogP contribution in [0.15, 0.2) is 24.3 Å². The first kappa shape index (κ1) is 21.4. The van der Waals surface area contributed by atoms with Crippen LogP contribution in [0, 0.1) is 16.0 Å². The second-order valence-corrected chi connectivity index (χ2v) is 8.37. The third-order valence-electron chi connectivity index (χ3n) is 5.83. The Balaban J connectivity index is 1.93. The number of rotatable bonds is 3. The second-order valence-electron chi connectivity index (χ2n) is 7.54. The molecule has 0 amide bonds. The van der Waals surface area contributed by atoms with E-state index in [1.807, 2.05) is 12.1 Å². The molecule has 4 N–H and O–H groups in total. The van der Waals surface area contributed by atoms with Gasteiger partial charge in [-0.2, -0.15) is 5.26 Å². The molecule has 0 saturated carbocycles. The lowest BCUT2D eigenvalue weighted by Crippen LogP contribution is -2.56. The van der Waals surface area contributed by atoms with E-state index < -0.39 is 37.3 Å². The minimum atomic E-state index is -1.53. The summed E-state index contributed by atoms with van der Waals surface area (Å²) < 4.78 is 7.48. The Morgan fingerprint density at radius 1 is 1.13 bits per heavy atom. The first-order valence-corrected chi connectivity index (χ1v) is 10.4. The van der Waals surface area contributed by atoms with Crippen LogP contribution in [0.5, 0.6) is 0 Å². The van der Waals surface area contributed by atoms with Gasteiger partial charge in [0.05, 0.1) is 12.2 Å². The molecule has 7 nitrogen and oxygen atoms in total. The normalized spacial score (nSPS) is 28.2. The summed E-state index contributed by atoms with van der Waals surface area (Å²) in [6.07, 6.45) is -4.47. The molecule has 2 aromatic rings. The number of benzene rings is 1. The van der Waals surface area contributed by atoms with Crippen LogP contribution in [-0.4, -0.2) is 56.0 Å². The minimum absolute atomic E-state index is 0.174. The molecule has 1 aliphatic heterocycles. The van der Waals surface area contributed by atoms with Crippen molar-refractivity contribution in [3.8, 4) is 17.2 Å². The number of hydrogen-bond acceptors (Lipinski definition) is 7. The van der Waals surface area contributed by atoms with E-state index >= 15 is 0 Å². The summed E-state index contributed by atoms with van der Waals surface area (Å²) in [6.45, 7) is -0.537. The largest absolute Gasteiger partial charge is 0.394 e. The SMILES string of the molecule is N#Cc1c(-c2ccc(Cl)cc2)c2c(n([C@H]3O[C@@H](CO)[C@@H](O)[C@@H](O)[C@H]3O)c1=S)CCC2. The number of halogens is 1. The summed E-state index contributed by atoms with van der Waals surface area (Å²) in [5.41, 5.74) is 3.58. The molecule has 9 heteroatoms. The summed E-state index contributed by atoms with van der Waals surface area (Å²) in [7, 11) is 0. The van der Waals surface area contributed by atoms with Crippen molar-refractivity contribution in [2.24, 2.45) is 0 Å². The maximum Gasteiger partial charge on any atom is 0.164 e. The van der Waals surface area contributed by atoms with Crippen molar-refractivity contribution < 1.29 is 25.2 Å². The van der Waals surface area contributed by atoms with Gasteiger partial charge in [0.2, 0.25) is 0 Å². The van der Waals surface area contributed by atoms with Gasteiger partial charge in [-0.1, -0.05) is 36.0 Å². The van der Waals surface area contributed by atoms with Crippen molar-refractivity contribution in [1.82, 2.24) is 4.57 Å². The van der Waals surface area contributed by atoms with Crippen LogP contribution in [0.4, 0.5) is 0 Å². The van der Waals surface area contributed by atoms with E-state index in [9.17, 15) is 25.7 Å². The second kappa shape index (κ2) is 8.36. The molecule has 1 aliphatic carbocycles. The lowest BCUT2D eigenvalue weighted by Gasteiger charge is -2.41. The molecule has 30 heavy (non-hydrogen) atoms. The van der Waals surface area contributed by atoms with E-state index in [0.29, 0.717) is 11.4 Å². The molecule has 0 unspecified atom stereocenters. The van der Waals surface area contributed by atoms with E-state index in [4.69, 9.17) is 28.6 Å². The summed E-state index contributed by atoms with van der Waals surface area (Å²) in [6, 6.07) is 9.37. The van der Waals surface area contributed by atoms with Crippen molar-refractivity contribution in [1.29, 1.82) is 5.26 Å². The van der Waals surface area contributed by atoms with Gasteiger partial charge in [-0.25, -0.2) is 0 Å². The monoisotopic (exact) mass is 448 g/mol. The van der Waals surface area contributed by atoms with Gasteiger partial charge in [-0.05, 0) is 42.5 Å². The third-order valence-corrected chi connectivity index (χ3v) is 6.48. The molecule has 2 aliphatic rings. The van der Waals surface area contributed by atoms with E-state index in [-0.39, 0.29) is 10.2 Å². The van der Waals surface area contributed by atoms with Gasteiger partial charge in [0.15, 0.2) is 6.23 Å². The summed E-state index contributed by atoms with van der Waals surface area (Å²) in [5, 5.41) is 51.0. The van der Waals surface area contributed by atoms with E-state index in [1.54, 1.807) is 16.7 Å². The standard InChI is InChI=1S/C21H21ClN2O5S/c22-11-6-4-10(5-7-11)16-12-2-1-3-14(12)24(21(30)13(16)8-23)20-19(28)18(27)17(26)15(9-25)29-20/h4-7,15,17-20,25-28H,1-3,9H2/t15-,17+,18+,19+,20-/m0/s1. The summed E-state index contributed by atoms with van der Waals surface area (Å²) >= 11 is 11.7. The molecule has 1 fully saturated rings. The van der Waals surface area contributed by atoms with E-state index in [1.165, 1.54) is 0 Å². The number of nitriles is 1. The fourth-order valence-electron chi connectivity index (χ4n) is 4.37. The molecule has 0 spiro atoms. The van der Waals surface area contributed by atoms with Crippen LogP contribution in [0.25, 0.3) is 11.1 Å². The predicted molar refractivity (Wildman–Crippen MR) is 111 cm³/mol. The van der Waals surface area contributed by atoms with Crippen LogP contribution in [0.1, 0.15) is 29.5 Å². The van der Waals surface area contributed by atoms with Crippen molar-refractivity contribution in [3.05, 3.63) is 50.7 Å². The molecule has 1 aromatic heterocycles. The number of ether oxygens (including phenoxy) is 1. The Bertz CT molecular complexity index is 1060. The first-order valence-electron chi connectivity index (χ1n) is 9.65. The number of nitrogens with zero attached hydrogens (tertiary/aromatic N) is 2. The van der Waals surface area contributed by atoms with Gasteiger partial charge in [-0.15, -0.1) is 0 Å². The zero-order valence-corrected chi connectivity index (χ0v) is 17.5. The number of hydrogen-bond donors (Lipinski definition) is 4. The Kier molecular flexibility index (Phi) is 5.97. The van der Waals surface area contributed by atoms with Crippen molar-refractivity contribution in [2.45, 2.75) is 49.9 Å². The van der Waals surface area contributed by atoms with E-state index in [0.717, 1.165) is 35.2 Å². The van der Waals surface area contributed by atoms with Crippen molar-refractivity contribution >= 4 is 23.8 Å². The fourth-order valence-corrected chi connectivity index (χ4v) is 4.85. The third kappa shape index (κ3) is 3.37. The Hall–Kier alpha value is -1.83. The Morgan fingerprint density at radius 3 is 2.47 bits per heavy atom. The maximum atomic E-state index is 10.6. The van der Waals surface area contributed by atoms with Gasteiger partial charge in [-0.3, -0.25) is 0 Å². The van der Waals surface area contributed by atoms with Gasteiger partial charge < -0.3 is 29.7 Å². The number of fused-ring (bicyclic) bond motifs is 1. The molecule has 2 heterocycles. The van der Waals surface area contributed by atoms with Crippen molar-refractivity contribution in [2.75, 3.05) is 6.61 Å². The Labute approximate surface area is 183 Å². The zero-order chi connectivity index (χ0) is 21.6. The molecule has 0 radical (unpaired) electrons. The van der Waals surface area contributed by atoms with Crippen LogP contribution in [0.2, 0.25) is 5.02 Å². The fraction of sp³-hybridized carbons (Fsp3) is 0.429. The molecule has 1 aromatic carbocycles. The van der Waals surface area contributed by atoms with Crippen molar-refractivity contribution in [3.63, 3.8) is 0 Å². The topological polar surface area (TPSA) is 119 Å². The zero-order valence-electron chi connectivity index (χ0n) is 15.9. The number of pyridine rings is 1. The molecule has 158 valence electrons. The maximum absolute atomic E-state index is 10.6. The highest BCUT2D eigenvalue weighted by Crippen LogP contribution is 2.40. The molecular weight excluding hydrogens is 428 g/mol. The Morgan fingerprint density at radius 2 is 1.83 bits per heavy atom. The first-order chi connectivity index (χ1) is 14.4. The lowest BCUT2D eigenvalue weighted by molar-refractivity contribution is -0.252. The molecule has 0 bridgehead atoms. The molecule has 5 atom stereocenters. The lowest BCUT2D eigenvalue weighted by atomic mass is 9.94. The smallest absolute Gasteiger partial charge is 0.164 e. The van der Waals surface area contributed by atoms with Gasteiger partial charge in [0, 0.05) is 16.3 Å². The molecule has 4 rings (SSSR count). The van der Waals surface area contributed by atoms with Gasteiger partial charge >= 0.3 is 0 Å². The highest BCUT2D eigenvalue weighted by Gasteiger charge is 2.45. The summed E-state index contributed by atoms with van der Waals surface area (Å²) in [5.74, 6) is 0. The highest BCUT2D eigenvalue weighted by molar-refractivity contribution is 7.71.